The van der Waals surface area contributed by atoms with Gasteiger partial charge in [-0.25, -0.2) is 0 Å². The van der Waals surface area contributed by atoms with Crippen LogP contribution in [0.25, 0.3) is 0 Å². The second-order valence-electron chi connectivity index (χ2n) is 5.38. The molecule has 2 aromatic carbocycles. The normalized spacial score (nSPS) is 9.71. The fourth-order valence-electron chi connectivity index (χ4n) is 1.93. The van der Waals surface area contributed by atoms with Gasteiger partial charge >= 0.3 is 0 Å². The molecule has 108 valence electrons. The van der Waals surface area contributed by atoms with E-state index in [-0.39, 0.29) is 0 Å². The largest absolute Gasteiger partial charge is 0.378 e. The molecule has 2 rings (SSSR count). The molecule has 3 nitrogen and oxygen atoms in total. The van der Waals surface area contributed by atoms with Gasteiger partial charge in [-0.3, -0.25) is 0 Å². The van der Waals surface area contributed by atoms with E-state index in [4.69, 9.17) is 0 Å². The van der Waals surface area contributed by atoms with Crippen molar-refractivity contribution >= 4 is 23.8 Å². The van der Waals surface area contributed by atoms with E-state index in [0.29, 0.717) is 0 Å². The minimum atomic E-state index is 1.10. The van der Waals surface area contributed by atoms with Gasteiger partial charge in [0.15, 0.2) is 0 Å². The molecule has 0 aromatic heterocycles. The third-order valence-corrected chi connectivity index (χ3v) is 3.27. The molecule has 0 fully saturated rings. The Balaban J connectivity index is 2.09. The Bertz CT molecular complexity index is 576. The van der Waals surface area contributed by atoms with Crippen LogP contribution >= 0.6 is 0 Å². The van der Waals surface area contributed by atoms with Gasteiger partial charge in [0.1, 0.15) is 0 Å². The second-order valence-corrected chi connectivity index (χ2v) is 5.38. The van der Waals surface area contributed by atoms with Gasteiger partial charge in [0.05, 0.1) is 11.1 Å². The minimum Gasteiger partial charge on any atom is -0.378 e. The van der Waals surface area contributed by atoms with E-state index in [0.717, 1.165) is 11.1 Å². The molecule has 0 saturated carbocycles. The van der Waals surface area contributed by atoms with Crippen LogP contribution in [-0.2, 0) is 0 Å². The van der Waals surface area contributed by atoms with Gasteiger partial charge in [-0.2, -0.15) is 0 Å². The van der Waals surface area contributed by atoms with Crippen molar-refractivity contribution in [2.24, 2.45) is 0 Å². The van der Waals surface area contributed by atoms with Crippen LogP contribution in [0, 0.1) is 0 Å². The summed E-state index contributed by atoms with van der Waals surface area (Å²) in [6, 6.07) is 16.6. The summed E-state index contributed by atoms with van der Waals surface area (Å²) in [5.41, 5.74) is 4.58. The summed E-state index contributed by atoms with van der Waals surface area (Å²) in [6.45, 7) is 0. The monoisotopic (exact) mass is 280 g/mol. The Kier molecular flexibility index (Phi) is 4.81. The maximum Gasteiger partial charge on any atom is 0.299 e. The van der Waals surface area contributed by atoms with Gasteiger partial charge in [-0.05, 0) is 48.5 Å². The Labute approximate surface area is 126 Å². The van der Waals surface area contributed by atoms with Crippen LogP contribution in [-0.4, -0.2) is 40.6 Å². The minimum absolute atomic E-state index is 1.10. The third kappa shape index (κ3) is 4.23. The maximum atomic E-state index is 4.38. The van der Waals surface area contributed by atoms with E-state index >= 15 is 0 Å². The van der Waals surface area contributed by atoms with Crippen LogP contribution in [0.4, 0.5) is 11.4 Å². The summed E-state index contributed by atoms with van der Waals surface area (Å²) in [4.78, 5) is 4.17. The van der Waals surface area contributed by atoms with E-state index in [1.807, 2.05) is 40.6 Å². The molecule has 0 unspecified atom stereocenters. The van der Waals surface area contributed by atoms with E-state index in [1.54, 1.807) is 0 Å². The number of benzene rings is 2. The van der Waals surface area contributed by atoms with Crippen molar-refractivity contribution in [3.8, 4) is 0 Å². The molecule has 0 radical (unpaired) electrons. The number of hydrogen-bond donors (Lipinski definition) is 0. The van der Waals surface area contributed by atoms with Crippen molar-refractivity contribution in [1.29, 1.82) is 0 Å². The summed E-state index contributed by atoms with van der Waals surface area (Å²) in [5, 5.41) is 0. The molecule has 0 heterocycles. The summed E-state index contributed by atoms with van der Waals surface area (Å²) < 4.78 is 4.38. The zero-order valence-corrected chi connectivity index (χ0v) is 13.1. The lowest BCUT2D eigenvalue weighted by molar-refractivity contribution is 1.13. The van der Waals surface area contributed by atoms with Crippen molar-refractivity contribution in [2.75, 3.05) is 38.0 Å². The number of nitrogens with zero attached hydrogens (tertiary/aromatic N) is 3. The number of hydrogen-bond acceptors (Lipinski definition) is 2. The zero-order valence-electron chi connectivity index (χ0n) is 13.1. The molecule has 0 bridgehead atoms. The Morgan fingerprint density at radius 3 is 1.24 bits per heavy atom. The van der Waals surface area contributed by atoms with Crippen molar-refractivity contribution in [3.63, 3.8) is 0 Å². The van der Waals surface area contributed by atoms with Gasteiger partial charge in [0, 0.05) is 39.6 Å². The highest BCUT2D eigenvalue weighted by Crippen LogP contribution is 2.11. The van der Waals surface area contributed by atoms with Crippen LogP contribution in [0.15, 0.2) is 48.5 Å². The molecular formula is C18H22N3+. The van der Waals surface area contributed by atoms with Gasteiger partial charge in [-0.1, -0.05) is 4.67 Å². The average Bonchev–Trinajstić information content (AvgIpc) is 2.48. The molecule has 0 spiro atoms. The third-order valence-electron chi connectivity index (χ3n) is 3.27. The van der Waals surface area contributed by atoms with Crippen LogP contribution in [0.2, 0.25) is 0 Å². The lowest BCUT2D eigenvalue weighted by Crippen LogP contribution is -2.08. The van der Waals surface area contributed by atoms with E-state index in [2.05, 4.69) is 63.0 Å². The van der Waals surface area contributed by atoms with Crippen LogP contribution in [0.3, 0.4) is 0 Å². The smallest absolute Gasteiger partial charge is 0.299 e. The van der Waals surface area contributed by atoms with Gasteiger partial charge in [-0.15, -0.1) is 0 Å². The second kappa shape index (κ2) is 6.78. The molecule has 0 amide bonds. The Hall–Kier alpha value is -2.51. The van der Waals surface area contributed by atoms with Crippen molar-refractivity contribution < 1.29 is 0 Å². The first-order valence-electron chi connectivity index (χ1n) is 6.97. The topological polar surface area (TPSA) is 20.6 Å². The van der Waals surface area contributed by atoms with Gasteiger partial charge < -0.3 is 9.80 Å². The average molecular weight is 280 g/mol. The summed E-state index contributed by atoms with van der Waals surface area (Å²) in [7, 11) is 8.14. The number of anilines is 2. The van der Waals surface area contributed by atoms with Crippen molar-refractivity contribution in [3.05, 3.63) is 59.7 Å². The fourth-order valence-corrected chi connectivity index (χ4v) is 1.93. The molecule has 0 atom stereocenters. The molecule has 0 N–H and O–H groups in total. The van der Waals surface area contributed by atoms with Crippen LogP contribution in [0.1, 0.15) is 11.1 Å². The van der Waals surface area contributed by atoms with Gasteiger partial charge in [0.2, 0.25) is 0 Å². The lowest BCUT2D eigenvalue weighted by Gasteiger charge is -2.11. The highest BCUT2D eigenvalue weighted by atomic mass is 15.1. The first-order chi connectivity index (χ1) is 10.1. The SMILES string of the molecule is CN(C)c1ccc(C=[N+]=Cc2ccc(N(C)C)cc2)cc1. The number of rotatable bonds is 4. The molecule has 3 heteroatoms. The standard InChI is InChI=1S/C18H22N3/c1-20(2)17-9-5-15(6-10-17)13-19-14-16-7-11-18(12-8-16)21(3)4/h5-14H,1-4H3/q+1. The summed E-state index contributed by atoms with van der Waals surface area (Å²) in [5.74, 6) is 0. The van der Waals surface area contributed by atoms with Crippen LogP contribution < -0.4 is 14.5 Å². The molecule has 21 heavy (non-hydrogen) atoms. The first kappa shape index (κ1) is 14.9. The van der Waals surface area contributed by atoms with E-state index in [1.165, 1.54) is 11.4 Å². The predicted octanol–water partition coefficient (Wildman–Crippen LogP) is 2.42. The molecule has 0 aliphatic heterocycles. The molecule has 2 aromatic rings. The lowest BCUT2D eigenvalue weighted by atomic mass is 10.2. The fraction of sp³-hybridized carbons (Fsp3) is 0.222. The van der Waals surface area contributed by atoms with E-state index < -0.39 is 0 Å². The molecule has 0 aliphatic rings. The highest BCUT2D eigenvalue weighted by molar-refractivity contribution is 5.87. The summed E-state index contributed by atoms with van der Waals surface area (Å²) in [6.07, 6.45) is 3.75. The molecular weight excluding hydrogens is 258 g/mol. The highest BCUT2D eigenvalue weighted by Gasteiger charge is 1.98. The molecule has 0 aliphatic carbocycles. The van der Waals surface area contributed by atoms with Gasteiger partial charge in [0.25, 0.3) is 12.4 Å². The zero-order chi connectivity index (χ0) is 15.2. The van der Waals surface area contributed by atoms with Crippen LogP contribution in [0.5, 0.6) is 0 Å². The first-order valence-corrected chi connectivity index (χ1v) is 6.97. The molecule has 0 saturated heterocycles. The Morgan fingerprint density at radius 1 is 0.619 bits per heavy atom. The maximum absolute atomic E-state index is 4.38. The van der Waals surface area contributed by atoms with E-state index in [9.17, 15) is 0 Å². The predicted molar refractivity (Wildman–Crippen MR) is 94.0 cm³/mol. The van der Waals surface area contributed by atoms with Crippen molar-refractivity contribution in [2.45, 2.75) is 0 Å². The quantitative estimate of drug-likeness (QED) is 0.633. The van der Waals surface area contributed by atoms with Crippen molar-refractivity contribution in [1.82, 2.24) is 4.67 Å². The Morgan fingerprint density at radius 2 is 0.952 bits per heavy atom. The summed E-state index contributed by atoms with van der Waals surface area (Å²) >= 11 is 0.